The number of aryl methyl sites for hydroxylation is 1. The Hall–Kier alpha value is -2.19. The summed E-state index contributed by atoms with van der Waals surface area (Å²) < 4.78 is 26.2. The van der Waals surface area contributed by atoms with E-state index in [-0.39, 0.29) is 16.7 Å². The Morgan fingerprint density at radius 3 is 2.77 bits per heavy atom. The fourth-order valence-corrected chi connectivity index (χ4v) is 5.55. The third-order valence-electron chi connectivity index (χ3n) is 5.21. The van der Waals surface area contributed by atoms with Crippen LogP contribution in [-0.2, 0) is 21.2 Å². The molecule has 1 aromatic carbocycles. The van der Waals surface area contributed by atoms with Gasteiger partial charge in [-0.05, 0) is 37.5 Å². The Bertz CT molecular complexity index is 945. The number of carbonyl (C=O) groups excluding carboxylic acids is 1. The minimum atomic E-state index is -3.64. The van der Waals surface area contributed by atoms with Gasteiger partial charge in [0.2, 0.25) is 5.91 Å². The molecule has 1 aromatic heterocycles. The molecule has 26 heavy (non-hydrogen) atoms. The minimum Gasteiger partial charge on any atom is -0.309 e. The lowest BCUT2D eigenvalue weighted by Gasteiger charge is -2.16. The standard InChI is InChI=1S/C18H22N4O3S/c1-11-5-4-8-13(9-11)26(24,25)18-15-14(10-19-18)21-22-16(15)20-17(23)12-6-2-3-7-12/h4-5,8-9,12,18-19H,2-3,6-7,10H2,1H3,(H2,20,21,22,23). The van der Waals surface area contributed by atoms with Crippen LogP contribution < -0.4 is 10.6 Å². The van der Waals surface area contributed by atoms with Gasteiger partial charge in [-0.3, -0.25) is 15.2 Å². The minimum absolute atomic E-state index is 0.0106. The second-order valence-electron chi connectivity index (χ2n) is 7.06. The van der Waals surface area contributed by atoms with Gasteiger partial charge in [-0.15, -0.1) is 0 Å². The highest BCUT2D eigenvalue weighted by Gasteiger charge is 2.39. The summed E-state index contributed by atoms with van der Waals surface area (Å²) in [7, 11) is -3.64. The van der Waals surface area contributed by atoms with Crippen LogP contribution in [-0.4, -0.2) is 24.5 Å². The van der Waals surface area contributed by atoms with E-state index >= 15 is 0 Å². The molecule has 2 aromatic rings. The average Bonchev–Trinajstić information content (AvgIpc) is 3.33. The summed E-state index contributed by atoms with van der Waals surface area (Å²) in [5.74, 6) is 0.238. The smallest absolute Gasteiger partial charge is 0.228 e. The summed E-state index contributed by atoms with van der Waals surface area (Å²) in [5, 5.41) is 12.0. The van der Waals surface area contributed by atoms with Crippen LogP contribution in [0, 0.1) is 12.8 Å². The third-order valence-corrected chi connectivity index (χ3v) is 7.14. The summed E-state index contributed by atoms with van der Waals surface area (Å²) in [6, 6.07) is 6.85. The maximum Gasteiger partial charge on any atom is 0.228 e. The molecule has 3 N–H and O–H groups in total. The molecule has 2 aliphatic rings. The number of benzene rings is 1. The zero-order valence-electron chi connectivity index (χ0n) is 14.6. The number of anilines is 1. The molecule has 1 atom stereocenters. The first-order valence-electron chi connectivity index (χ1n) is 8.89. The first-order valence-corrected chi connectivity index (χ1v) is 10.4. The normalized spacial score (nSPS) is 20.3. The molecule has 138 valence electrons. The van der Waals surface area contributed by atoms with Crippen molar-refractivity contribution in [3.63, 3.8) is 0 Å². The van der Waals surface area contributed by atoms with Crippen LogP contribution in [0.25, 0.3) is 0 Å². The number of H-pyrrole nitrogens is 1. The topological polar surface area (TPSA) is 104 Å². The number of nitrogens with one attached hydrogen (secondary N) is 3. The molecule has 1 amide bonds. The fourth-order valence-electron chi connectivity index (χ4n) is 3.80. The molecule has 1 aliphatic heterocycles. The number of aromatic nitrogens is 2. The van der Waals surface area contributed by atoms with E-state index in [2.05, 4.69) is 20.8 Å². The Kier molecular flexibility index (Phi) is 4.32. The van der Waals surface area contributed by atoms with Crippen LogP contribution >= 0.6 is 0 Å². The van der Waals surface area contributed by atoms with Crippen LogP contribution in [0.5, 0.6) is 0 Å². The van der Waals surface area contributed by atoms with E-state index in [0.717, 1.165) is 31.2 Å². The van der Waals surface area contributed by atoms with Gasteiger partial charge in [-0.25, -0.2) is 8.42 Å². The summed E-state index contributed by atoms with van der Waals surface area (Å²) >= 11 is 0. The van der Waals surface area contributed by atoms with Crippen LogP contribution in [0.1, 0.15) is 47.9 Å². The number of hydrogen-bond donors (Lipinski definition) is 3. The van der Waals surface area contributed by atoms with Crippen molar-refractivity contribution in [3.8, 4) is 0 Å². The van der Waals surface area contributed by atoms with Gasteiger partial charge in [0.25, 0.3) is 0 Å². The Morgan fingerprint density at radius 1 is 1.27 bits per heavy atom. The Labute approximate surface area is 152 Å². The van der Waals surface area contributed by atoms with E-state index in [9.17, 15) is 13.2 Å². The van der Waals surface area contributed by atoms with Gasteiger partial charge in [0.15, 0.2) is 15.7 Å². The van der Waals surface area contributed by atoms with Crippen molar-refractivity contribution in [2.24, 2.45) is 5.92 Å². The lowest BCUT2D eigenvalue weighted by molar-refractivity contribution is -0.119. The first-order chi connectivity index (χ1) is 12.5. The molecule has 7 nitrogen and oxygen atoms in total. The Morgan fingerprint density at radius 2 is 2.04 bits per heavy atom. The van der Waals surface area contributed by atoms with E-state index in [1.165, 1.54) is 0 Å². The van der Waals surface area contributed by atoms with Gasteiger partial charge in [-0.1, -0.05) is 25.0 Å². The van der Waals surface area contributed by atoms with Crippen molar-refractivity contribution in [2.75, 3.05) is 5.32 Å². The first kappa shape index (κ1) is 17.2. The Balaban J connectivity index is 1.65. The zero-order chi connectivity index (χ0) is 18.3. The summed E-state index contributed by atoms with van der Waals surface area (Å²) in [5.41, 5.74) is 2.11. The second-order valence-corrected chi connectivity index (χ2v) is 9.09. The van der Waals surface area contributed by atoms with Crippen molar-refractivity contribution >= 4 is 21.6 Å². The molecular formula is C18H22N4O3S. The fraction of sp³-hybridized carbons (Fsp3) is 0.444. The number of fused-ring (bicyclic) bond motifs is 1. The van der Waals surface area contributed by atoms with Crippen molar-refractivity contribution in [1.29, 1.82) is 0 Å². The summed E-state index contributed by atoms with van der Waals surface area (Å²) in [6.07, 6.45) is 3.87. The van der Waals surface area contributed by atoms with Crippen LogP contribution in [0.2, 0.25) is 0 Å². The maximum atomic E-state index is 13.1. The highest BCUT2D eigenvalue weighted by atomic mass is 32.2. The van der Waals surface area contributed by atoms with E-state index in [1.807, 2.05) is 13.0 Å². The van der Waals surface area contributed by atoms with Crippen molar-refractivity contribution in [1.82, 2.24) is 15.5 Å². The van der Waals surface area contributed by atoms with Crippen LogP contribution in [0.15, 0.2) is 29.2 Å². The van der Waals surface area contributed by atoms with Gasteiger partial charge in [0, 0.05) is 12.5 Å². The number of rotatable bonds is 4. The second kappa shape index (κ2) is 6.51. The lowest BCUT2D eigenvalue weighted by atomic mass is 10.1. The number of amides is 1. The lowest BCUT2D eigenvalue weighted by Crippen LogP contribution is -2.26. The number of aromatic amines is 1. The zero-order valence-corrected chi connectivity index (χ0v) is 15.4. The molecule has 0 saturated heterocycles. The number of carbonyl (C=O) groups is 1. The van der Waals surface area contributed by atoms with Crippen molar-refractivity contribution in [2.45, 2.75) is 49.4 Å². The monoisotopic (exact) mass is 374 g/mol. The summed E-state index contributed by atoms with van der Waals surface area (Å²) in [6.45, 7) is 2.23. The molecule has 4 rings (SSSR count). The molecular weight excluding hydrogens is 352 g/mol. The van der Waals surface area contributed by atoms with Crippen LogP contribution in [0.4, 0.5) is 5.82 Å². The molecule has 1 saturated carbocycles. The van der Waals surface area contributed by atoms with E-state index < -0.39 is 15.2 Å². The van der Waals surface area contributed by atoms with Gasteiger partial charge in [0.1, 0.15) is 5.37 Å². The van der Waals surface area contributed by atoms with Gasteiger partial charge < -0.3 is 5.32 Å². The third kappa shape index (κ3) is 2.93. The number of sulfone groups is 1. The largest absolute Gasteiger partial charge is 0.309 e. The molecule has 1 fully saturated rings. The van der Waals surface area contributed by atoms with Crippen LogP contribution in [0.3, 0.4) is 0 Å². The quantitative estimate of drug-likeness (QED) is 0.762. The van der Waals surface area contributed by atoms with Crippen molar-refractivity contribution < 1.29 is 13.2 Å². The number of nitrogens with zero attached hydrogens (tertiary/aromatic N) is 1. The van der Waals surface area contributed by atoms with Crippen molar-refractivity contribution in [3.05, 3.63) is 41.1 Å². The molecule has 0 radical (unpaired) electrons. The molecule has 1 unspecified atom stereocenters. The van der Waals surface area contributed by atoms with E-state index in [0.29, 0.717) is 23.6 Å². The van der Waals surface area contributed by atoms with Gasteiger partial charge in [0.05, 0.1) is 16.2 Å². The highest BCUT2D eigenvalue weighted by Crippen LogP contribution is 2.37. The highest BCUT2D eigenvalue weighted by molar-refractivity contribution is 7.91. The van der Waals surface area contributed by atoms with E-state index in [1.54, 1.807) is 18.2 Å². The predicted molar refractivity (Wildman–Crippen MR) is 97.1 cm³/mol. The van der Waals surface area contributed by atoms with Gasteiger partial charge in [-0.2, -0.15) is 5.10 Å². The molecule has 1 aliphatic carbocycles. The molecule has 8 heteroatoms. The number of hydrogen-bond acceptors (Lipinski definition) is 5. The predicted octanol–water partition coefficient (Wildman–Crippen LogP) is 2.42. The average molecular weight is 374 g/mol. The summed E-state index contributed by atoms with van der Waals surface area (Å²) in [4.78, 5) is 12.7. The van der Waals surface area contributed by atoms with Gasteiger partial charge >= 0.3 is 0 Å². The molecule has 0 bridgehead atoms. The van der Waals surface area contributed by atoms with E-state index in [4.69, 9.17) is 0 Å². The molecule has 2 heterocycles. The maximum absolute atomic E-state index is 13.1. The molecule has 0 spiro atoms. The SMILES string of the molecule is Cc1cccc(S(=O)(=O)C2NCc3[nH]nc(NC(=O)C4CCCC4)c32)c1.